The van der Waals surface area contributed by atoms with Gasteiger partial charge in [0.15, 0.2) is 5.13 Å². The maximum absolute atomic E-state index is 9.04. The van der Waals surface area contributed by atoms with Gasteiger partial charge in [0, 0.05) is 41.3 Å². The first-order chi connectivity index (χ1) is 14.6. The lowest BCUT2D eigenvalue weighted by Crippen LogP contribution is -2.67. The van der Waals surface area contributed by atoms with Crippen molar-refractivity contribution < 1.29 is 0 Å². The van der Waals surface area contributed by atoms with E-state index in [1.807, 2.05) is 12.1 Å². The van der Waals surface area contributed by atoms with E-state index in [0.717, 1.165) is 16.7 Å². The van der Waals surface area contributed by atoms with Crippen LogP contribution in [-0.2, 0) is 0 Å². The Labute approximate surface area is 179 Å². The van der Waals surface area contributed by atoms with Crippen molar-refractivity contribution in [3.05, 3.63) is 35.5 Å². The first-order valence-corrected chi connectivity index (χ1v) is 11.4. The summed E-state index contributed by atoms with van der Waals surface area (Å²) >= 11 is 1.32. The SMILES string of the molecule is CC12CC[C@@H]3C[C@@H](Nc4nc(Nc5ncc(C#N)s5)cc5ncccc45)C[C@H](C1)N32. The van der Waals surface area contributed by atoms with Crippen molar-refractivity contribution in [2.24, 2.45) is 0 Å². The number of nitriles is 1. The van der Waals surface area contributed by atoms with Crippen LogP contribution in [0.25, 0.3) is 10.9 Å². The maximum Gasteiger partial charge on any atom is 0.189 e. The molecule has 0 radical (unpaired) electrons. The molecule has 0 aromatic carbocycles. The molecule has 0 amide bonds. The summed E-state index contributed by atoms with van der Waals surface area (Å²) in [4.78, 5) is 17.0. The molecule has 30 heavy (non-hydrogen) atoms. The molecule has 3 aromatic rings. The van der Waals surface area contributed by atoms with Crippen molar-refractivity contribution in [1.82, 2.24) is 19.9 Å². The Bertz CT molecular complexity index is 1170. The van der Waals surface area contributed by atoms with Crippen LogP contribution in [0, 0.1) is 11.3 Å². The Morgan fingerprint density at radius 2 is 2.20 bits per heavy atom. The number of nitrogens with zero attached hydrogens (tertiary/aromatic N) is 5. The molecular formula is C22H23N7S. The molecule has 1 unspecified atom stereocenters. The molecule has 0 saturated carbocycles. The van der Waals surface area contributed by atoms with Gasteiger partial charge in [-0.15, -0.1) is 0 Å². The van der Waals surface area contributed by atoms with Crippen LogP contribution in [-0.4, -0.2) is 43.5 Å². The molecule has 6 heterocycles. The number of fused-ring (bicyclic) bond motifs is 1. The van der Waals surface area contributed by atoms with E-state index in [1.54, 1.807) is 12.4 Å². The lowest BCUT2D eigenvalue weighted by Gasteiger charge is -2.59. The number of nitrogens with one attached hydrogen (secondary N) is 2. The van der Waals surface area contributed by atoms with Gasteiger partial charge in [-0.2, -0.15) is 5.26 Å². The number of anilines is 3. The van der Waals surface area contributed by atoms with Crippen molar-refractivity contribution in [1.29, 1.82) is 5.26 Å². The van der Waals surface area contributed by atoms with Gasteiger partial charge in [-0.1, -0.05) is 11.3 Å². The molecule has 7 nitrogen and oxygen atoms in total. The summed E-state index contributed by atoms with van der Waals surface area (Å²) in [6.45, 7) is 2.43. The summed E-state index contributed by atoms with van der Waals surface area (Å²) in [5.41, 5.74) is 1.36. The van der Waals surface area contributed by atoms with E-state index >= 15 is 0 Å². The Morgan fingerprint density at radius 3 is 3.07 bits per heavy atom. The second kappa shape index (κ2) is 6.62. The Kier molecular flexibility index (Phi) is 3.98. The van der Waals surface area contributed by atoms with Crippen LogP contribution < -0.4 is 10.6 Å². The molecule has 3 aromatic heterocycles. The Balaban J connectivity index is 1.29. The zero-order chi connectivity index (χ0) is 20.3. The average Bonchev–Trinajstić information content (AvgIpc) is 3.30. The third-order valence-corrected chi connectivity index (χ3v) is 7.82. The minimum atomic E-state index is 0.426. The summed E-state index contributed by atoms with van der Waals surface area (Å²) in [5, 5.41) is 17.7. The van der Waals surface area contributed by atoms with Gasteiger partial charge in [-0.05, 0) is 51.2 Å². The first-order valence-electron chi connectivity index (χ1n) is 10.5. The van der Waals surface area contributed by atoms with Gasteiger partial charge in [0.25, 0.3) is 0 Å². The van der Waals surface area contributed by atoms with E-state index in [1.165, 1.54) is 43.4 Å². The molecule has 0 spiro atoms. The zero-order valence-electron chi connectivity index (χ0n) is 16.8. The minimum absolute atomic E-state index is 0.426. The fourth-order valence-corrected chi connectivity index (χ4v) is 6.48. The molecule has 3 aliphatic rings. The molecule has 6 rings (SSSR count). The van der Waals surface area contributed by atoms with E-state index < -0.39 is 0 Å². The smallest absolute Gasteiger partial charge is 0.189 e. The van der Waals surface area contributed by atoms with Crippen LogP contribution in [0.15, 0.2) is 30.6 Å². The highest BCUT2D eigenvalue weighted by molar-refractivity contribution is 7.16. The van der Waals surface area contributed by atoms with Gasteiger partial charge in [0.05, 0.1) is 11.7 Å². The van der Waals surface area contributed by atoms with Gasteiger partial charge in [-0.25, -0.2) is 9.97 Å². The summed E-state index contributed by atoms with van der Waals surface area (Å²) in [5.74, 6) is 1.57. The topological polar surface area (TPSA) is 89.8 Å². The summed E-state index contributed by atoms with van der Waals surface area (Å²) < 4.78 is 0. The fourth-order valence-electron chi connectivity index (χ4n) is 5.86. The number of hydrogen-bond acceptors (Lipinski definition) is 8. The number of piperidine rings is 1. The molecular weight excluding hydrogens is 394 g/mol. The normalized spacial score (nSPS) is 29.8. The van der Waals surface area contributed by atoms with Gasteiger partial charge in [0.1, 0.15) is 22.6 Å². The van der Waals surface area contributed by atoms with Crippen molar-refractivity contribution >= 4 is 39.0 Å². The van der Waals surface area contributed by atoms with Crippen LogP contribution in [0.3, 0.4) is 0 Å². The molecule has 3 fully saturated rings. The highest BCUT2D eigenvalue weighted by Crippen LogP contribution is 2.53. The highest BCUT2D eigenvalue weighted by Gasteiger charge is 2.57. The van der Waals surface area contributed by atoms with E-state index in [9.17, 15) is 0 Å². The van der Waals surface area contributed by atoms with Crippen LogP contribution >= 0.6 is 11.3 Å². The molecule has 3 saturated heterocycles. The van der Waals surface area contributed by atoms with E-state index in [4.69, 9.17) is 10.2 Å². The van der Waals surface area contributed by atoms with Crippen LogP contribution in [0.5, 0.6) is 0 Å². The number of pyridine rings is 2. The quantitative estimate of drug-likeness (QED) is 0.655. The average molecular weight is 418 g/mol. The second-order valence-electron chi connectivity index (χ2n) is 8.96. The number of hydrogen-bond donors (Lipinski definition) is 2. The number of rotatable bonds is 4. The van der Waals surface area contributed by atoms with Crippen molar-refractivity contribution in [3.63, 3.8) is 0 Å². The van der Waals surface area contributed by atoms with Crippen LogP contribution in [0.1, 0.15) is 43.9 Å². The van der Waals surface area contributed by atoms with Gasteiger partial charge < -0.3 is 10.6 Å². The standard InChI is InChI=1S/C22H23N7S/c1-22-5-4-14-7-13(8-15(10-22)29(14)22)26-20-17-3-2-6-24-18(17)9-19(27-20)28-21-25-12-16(11-23)30-21/h2-3,6,9,12-15H,4-5,7-8,10H2,1H3,(H2,25,26,27,28)/t13-,14-,15-,22?/m1/s1. The fraction of sp³-hybridized carbons (Fsp3) is 0.455. The van der Waals surface area contributed by atoms with Gasteiger partial charge >= 0.3 is 0 Å². The molecule has 2 N–H and O–H groups in total. The molecule has 152 valence electrons. The molecule has 3 aliphatic heterocycles. The van der Waals surface area contributed by atoms with Crippen LogP contribution in [0.4, 0.5) is 16.8 Å². The third kappa shape index (κ3) is 2.84. The first kappa shape index (κ1) is 18.0. The molecule has 0 aliphatic carbocycles. The predicted octanol–water partition coefficient (Wildman–Crippen LogP) is 4.27. The second-order valence-corrected chi connectivity index (χ2v) is 9.99. The molecule has 4 atom stereocenters. The van der Waals surface area contributed by atoms with Gasteiger partial charge in [-0.3, -0.25) is 9.88 Å². The highest BCUT2D eigenvalue weighted by atomic mass is 32.1. The summed E-state index contributed by atoms with van der Waals surface area (Å²) in [6, 6.07) is 9.92. The zero-order valence-corrected chi connectivity index (χ0v) is 17.6. The Morgan fingerprint density at radius 1 is 1.30 bits per heavy atom. The third-order valence-electron chi connectivity index (χ3n) is 7.01. The predicted molar refractivity (Wildman–Crippen MR) is 118 cm³/mol. The monoisotopic (exact) mass is 417 g/mol. The van der Waals surface area contributed by atoms with Crippen LogP contribution in [0.2, 0.25) is 0 Å². The lowest BCUT2D eigenvalue weighted by molar-refractivity contribution is -0.0799. The van der Waals surface area contributed by atoms with E-state index in [-0.39, 0.29) is 0 Å². The molecule has 8 heteroatoms. The largest absolute Gasteiger partial charge is 0.367 e. The van der Waals surface area contributed by atoms with Crippen molar-refractivity contribution in [2.75, 3.05) is 10.6 Å². The van der Waals surface area contributed by atoms with E-state index in [0.29, 0.717) is 39.5 Å². The number of aromatic nitrogens is 3. The molecule has 0 bridgehead atoms. The van der Waals surface area contributed by atoms with Crippen molar-refractivity contribution in [2.45, 2.75) is 62.7 Å². The summed E-state index contributed by atoms with van der Waals surface area (Å²) in [7, 11) is 0. The minimum Gasteiger partial charge on any atom is -0.367 e. The van der Waals surface area contributed by atoms with E-state index in [2.05, 4.69) is 44.6 Å². The maximum atomic E-state index is 9.04. The van der Waals surface area contributed by atoms with Crippen molar-refractivity contribution in [3.8, 4) is 6.07 Å². The Hall–Kier alpha value is -2.76. The number of thiazole rings is 1. The lowest BCUT2D eigenvalue weighted by atomic mass is 9.75. The summed E-state index contributed by atoms with van der Waals surface area (Å²) in [6.07, 6.45) is 9.70. The van der Waals surface area contributed by atoms with Gasteiger partial charge in [0.2, 0.25) is 0 Å².